The van der Waals surface area contributed by atoms with Crippen LogP contribution < -0.4 is 5.73 Å². The van der Waals surface area contributed by atoms with E-state index in [9.17, 15) is 0 Å². The summed E-state index contributed by atoms with van der Waals surface area (Å²) in [5, 5.41) is 4.60. The van der Waals surface area contributed by atoms with Crippen molar-refractivity contribution in [3.05, 3.63) is 36.2 Å². The van der Waals surface area contributed by atoms with E-state index in [1.54, 1.807) is 0 Å². The van der Waals surface area contributed by atoms with Crippen molar-refractivity contribution in [1.82, 2.24) is 14.8 Å². The molecule has 4 nitrogen and oxygen atoms in total. The van der Waals surface area contributed by atoms with Crippen LogP contribution in [-0.2, 0) is 6.42 Å². The second-order valence-corrected chi connectivity index (χ2v) is 4.44. The maximum Gasteiger partial charge on any atom is 0.181 e. The number of nitrogens with two attached hydrogens (primary N) is 1. The summed E-state index contributed by atoms with van der Waals surface area (Å²) in [6, 6.07) is 10.4. The highest BCUT2D eigenvalue weighted by atomic mass is 15.4. The molecule has 0 fully saturated rings. The normalized spacial score (nSPS) is 19.0. The lowest BCUT2D eigenvalue weighted by Crippen LogP contribution is -2.25. The zero-order valence-corrected chi connectivity index (χ0v) is 9.71. The molecular weight excluding hydrogens is 212 g/mol. The lowest BCUT2D eigenvalue weighted by Gasteiger charge is -2.21. The van der Waals surface area contributed by atoms with E-state index in [4.69, 9.17) is 5.73 Å². The number of fused-ring (bicyclic) bond motifs is 1. The van der Waals surface area contributed by atoms with Crippen LogP contribution in [0, 0.1) is 0 Å². The molecule has 88 valence electrons. The summed E-state index contributed by atoms with van der Waals surface area (Å²) in [6.07, 6.45) is 3.28. The van der Waals surface area contributed by atoms with E-state index in [1.165, 1.54) is 0 Å². The summed E-state index contributed by atoms with van der Waals surface area (Å²) < 4.78 is 2.02. The lowest BCUT2D eigenvalue weighted by molar-refractivity contribution is 0.370. The van der Waals surface area contributed by atoms with Gasteiger partial charge in [0.2, 0.25) is 0 Å². The third-order valence-corrected chi connectivity index (χ3v) is 3.29. The minimum absolute atomic E-state index is 0.323. The van der Waals surface area contributed by atoms with Crippen molar-refractivity contribution in [2.75, 3.05) is 6.54 Å². The summed E-state index contributed by atoms with van der Waals surface area (Å²) in [5.74, 6) is 1.89. The Morgan fingerprint density at radius 3 is 2.88 bits per heavy atom. The average Bonchev–Trinajstić information content (AvgIpc) is 2.83. The van der Waals surface area contributed by atoms with Crippen molar-refractivity contribution >= 4 is 0 Å². The van der Waals surface area contributed by atoms with Gasteiger partial charge in [0.05, 0.1) is 6.04 Å². The van der Waals surface area contributed by atoms with Crippen LogP contribution in [0.3, 0.4) is 0 Å². The van der Waals surface area contributed by atoms with Crippen LogP contribution >= 0.6 is 0 Å². The number of hydrogen-bond acceptors (Lipinski definition) is 3. The number of aryl methyl sites for hydroxylation is 1. The van der Waals surface area contributed by atoms with Crippen LogP contribution in [0.2, 0.25) is 0 Å². The Labute approximate surface area is 100 Å². The maximum atomic E-state index is 5.78. The molecule has 1 aliphatic heterocycles. The van der Waals surface area contributed by atoms with Crippen molar-refractivity contribution in [3.8, 4) is 11.4 Å². The molecule has 1 aromatic heterocycles. The average molecular weight is 228 g/mol. The summed E-state index contributed by atoms with van der Waals surface area (Å²) >= 11 is 0. The van der Waals surface area contributed by atoms with Gasteiger partial charge in [0, 0.05) is 18.5 Å². The molecule has 0 radical (unpaired) electrons. The van der Waals surface area contributed by atoms with Gasteiger partial charge in [0.15, 0.2) is 5.82 Å². The Balaban J connectivity index is 2.02. The second kappa shape index (κ2) is 4.30. The van der Waals surface area contributed by atoms with Crippen LogP contribution in [-0.4, -0.2) is 21.3 Å². The summed E-state index contributed by atoms with van der Waals surface area (Å²) in [4.78, 5) is 4.62. The highest BCUT2D eigenvalue weighted by molar-refractivity contribution is 5.54. The Hall–Kier alpha value is -1.68. The minimum atomic E-state index is 0.323. The van der Waals surface area contributed by atoms with E-state index in [-0.39, 0.29) is 0 Å². The Kier molecular flexibility index (Phi) is 2.65. The number of hydrogen-bond donors (Lipinski definition) is 1. The molecule has 1 atom stereocenters. The molecule has 0 spiro atoms. The largest absolute Gasteiger partial charge is 0.328 e. The molecule has 1 unspecified atom stereocenters. The summed E-state index contributed by atoms with van der Waals surface area (Å²) in [7, 11) is 0. The predicted octanol–water partition coefficient (Wildman–Crippen LogP) is 1.78. The molecule has 2 aromatic rings. The van der Waals surface area contributed by atoms with Crippen LogP contribution in [0.1, 0.15) is 24.7 Å². The van der Waals surface area contributed by atoms with Gasteiger partial charge in [0.25, 0.3) is 0 Å². The second-order valence-electron chi connectivity index (χ2n) is 4.44. The minimum Gasteiger partial charge on any atom is -0.328 e. The van der Waals surface area contributed by atoms with Crippen LogP contribution in [0.5, 0.6) is 0 Å². The first-order valence-electron chi connectivity index (χ1n) is 6.09. The number of benzene rings is 1. The molecule has 0 bridgehead atoms. The molecule has 3 rings (SSSR count). The Bertz CT molecular complexity index is 503. The zero-order valence-electron chi connectivity index (χ0n) is 9.71. The maximum absolute atomic E-state index is 5.78. The van der Waals surface area contributed by atoms with Crippen LogP contribution in [0.4, 0.5) is 0 Å². The van der Waals surface area contributed by atoms with E-state index < -0.39 is 0 Å². The topological polar surface area (TPSA) is 56.7 Å². The predicted molar refractivity (Wildman–Crippen MR) is 66.5 cm³/mol. The van der Waals surface area contributed by atoms with Crippen molar-refractivity contribution in [2.24, 2.45) is 5.73 Å². The molecular formula is C13H16N4. The first kappa shape index (κ1) is 10.5. The third-order valence-electron chi connectivity index (χ3n) is 3.29. The molecule has 17 heavy (non-hydrogen) atoms. The summed E-state index contributed by atoms with van der Waals surface area (Å²) in [5.41, 5.74) is 6.85. The summed E-state index contributed by atoms with van der Waals surface area (Å²) in [6.45, 7) is 0.643. The molecule has 2 N–H and O–H groups in total. The van der Waals surface area contributed by atoms with E-state index in [0.29, 0.717) is 12.6 Å². The first-order chi connectivity index (χ1) is 8.38. The van der Waals surface area contributed by atoms with Gasteiger partial charge in [-0.1, -0.05) is 30.3 Å². The van der Waals surface area contributed by atoms with Crippen molar-refractivity contribution in [2.45, 2.75) is 25.3 Å². The van der Waals surface area contributed by atoms with Gasteiger partial charge in [-0.3, -0.25) is 0 Å². The molecule has 0 aliphatic carbocycles. The molecule has 1 aliphatic rings. The van der Waals surface area contributed by atoms with Gasteiger partial charge in [-0.25, -0.2) is 9.67 Å². The quantitative estimate of drug-likeness (QED) is 0.852. The van der Waals surface area contributed by atoms with Crippen LogP contribution in [0.25, 0.3) is 11.4 Å². The Morgan fingerprint density at radius 1 is 1.29 bits per heavy atom. The van der Waals surface area contributed by atoms with Crippen molar-refractivity contribution < 1.29 is 0 Å². The van der Waals surface area contributed by atoms with Gasteiger partial charge >= 0.3 is 0 Å². The van der Waals surface area contributed by atoms with Crippen molar-refractivity contribution in [1.29, 1.82) is 0 Å². The smallest absolute Gasteiger partial charge is 0.181 e. The lowest BCUT2D eigenvalue weighted by atomic mass is 10.1. The number of rotatable bonds is 2. The molecule has 0 saturated heterocycles. The SMILES string of the molecule is NCC1CCCc2nc(-c3ccccc3)nn21. The number of nitrogens with zero attached hydrogens (tertiary/aromatic N) is 3. The molecule has 0 amide bonds. The zero-order chi connectivity index (χ0) is 11.7. The van der Waals surface area contributed by atoms with Gasteiger partial charge in [0.1, 0.15) is 5.82 Å². The molecule has 0 saturated carbocycles. The fraction of sp³-hybridized carbons (Fsp3) is 0.385. The highest BCUT2D eigenvalue weighted by Gasteiger charge is 2.22. The molecule has 1 aromatic carbocycles. The van der Waals surface area contributed by atoms with Gasteiger partial charge in [-0.2, -0.15) is 5.10 Å². The fourth-order valence-corrected chi connectivity index (χ4v) is 2.36. The monoisotopic (exact) mass is 228 g/mol. The first-order valence-corrected chi connectivity index (χ1v) is 6.09. The highest BCUT2D eigenvalue weighted by Crippen LogP contribution is 2.25. The molecule has 2 heterocycles. The Morgan fingerprint density at radius 2 is 2.12 bits per heavy atom. The van der Waals surface area contributed by atoms with Gasteiger partial charge in [-0.15, -0.1) is 0 Å². The molecule has 4 heteroatoms. The standard InChI is InChI=1S/C13H16N4/c14-9-11-7-4-8-12-15-13(16-17(11)12)10-5-2-1-3-6-10/h1-3,5-6,11H,4,7-9,14H2. The van der Waals surface area contributed by atoms with Gasteiger partial charge in [-0.05, 0) is 12.8 Å². The van der Waals surface area contributed by atoms with Crippen LogP contribution in [0.15, 0.2) is 30.3 Å². The van der Waals surface area contributed by atoms with E-state index >= 15 is 0 Å². The van der Waals surface area contributed by atoms with Gasteiger partial charge < -0.3 is 5.73 Å². The third kappa shape index (κ3) is 1.85. The number of aromatic nitrogens is 3. The van der Waals surface area contributed by atoms with E-state index in [0.717, 1.165) is 36.5 Å². The van der Waals surface area contributed by atoms with E-state index in [2.05, 4.69) is 10.1 Å². The van der Waals surface area contributed by atoms with E-state index in [1.807, 2.05) is 35.0 Å². The van der Waals surface area contributed by atoms with Crippen molar-refractivity contribution in [3.63, 3.8) is 0 Å². The fourth-order valence-electron chi connectivity index (χ4n) is 2.36.